The minimum atomic E-state index is -0.152. The van der Waals surface area contributed by atoms with E-state index in [4.69, 9.17) is 9.15 Å². The van der Waals surface area contributed by atoms with E-state index in [2.05, 4.69) is 35.8 Å². The van der Waals surface area contributed by atoms with Crippen LogP contribution >= 0.6 is 27.5 Å². The van der Waals surface area contributed by atoms with Crippen LogP contribution in [-0.2, 0) is 12.0 Å². The molecule has 0 aliphatic carbocycles. The summed E-state index contributed by atoms with van der Waals surface area (Å²) in [5, 5.41) is 11.1. The molecule has 0 saturated heterocycles. The first-order valence-corrected chi connectivity index (χ1v) is 7.24. The summed E-state index contributed by atoms with van der Waals surface area (Å²) in [6.45, 7) is 6.62. The maximum atomic E-state index is 5.55. The molecule has 2 rings (SSSR count). The van der Waals surface area contributed by atoms with Gasteiger partial charge in [0.15, 0.2) is 0 Å². The molecule has 0 aliphatic rings. The number of hydrogen-bond acceptors (Lipinski definition) is 7. The standard InChI is InChI=1S/C11H15BrN4O2S/c1-11(2,3)9-14-15-10(18-9)13-5-6-7(12)8(17-4)16-19-6/h5H2,1-4H3,(H,13,15). The third kappa shape index (κ3) is 3.24. The van der Waals surface area contributed by atoms with Crippen molar-refractivity contribution < 1.29 is 9.15 Å². The number of anilines is 1. The quantitative estimate of drug-likeness (QED) is 0.916. The molecule has 2 aromatic heterocycles. The lowest BCUT2D eigenvalue weighted by Crippen LogP contribution is -2.11. The van der Waals surface area contributed by atoms with Gasteiger partial charge in [-0.15, -0.1) is 5.10 Å². The van der Waals surface area contributed by atoms with Crippen LogP contribution in [0, 0.1) is 0 Å². The molecule has 0 spiro atoms. The molecule has 0 bridgehead atoms. The molecule has 0 atom stereocenters. The first-order chi connectivity index (χ1) is 8.91. The SMILES string of the molecule is COc1nsc(CNc2nnc(C(C)(C)C)o2)c1Br. The first-order valence-electron chi connectivity index (χ1n) is 5.67. The lowest BCUT2D eigenvalue weighted by molar-refractivity contribution is 0.398. The van der Waals surface area contributed by atoms with Crippen molar-refractivity contribution in [2.24, 2.45) is 0 Å². The third-order valence-electron chi connectivity index (χ3n) is 2.33. The Hall–Kier alpha value is -1.15. The highest BCUT2D eigenvalue weighted by Crippen LogP contribution is 2.31. The smallest absolute Gasteiger partial charge is 0.315 e. The predicted molar refractivity (Wildman–Crippen MR) is 76.7 cm³/mol. The molecule has 0 saturated carbocycles. The van der Waals surface area contributed by atoms with E-state index in [1.165, 1.54) is 11.5 Å². The minimum Gasteiger partial charge on any atom is -0.480 e. The van der Waals surface area contributed by atoms with E-state index in [-0.39, 0.29) is 5.41 Å². The van der Waals surface area contributed by atoms with Crippen molar-refractivity contribution in [1.29, 1.82) is 0 Å². The van der Waals surface area contributed by atoms with Crippen molar-refractivity contribution in [2.45, 2.75) is 32.7 Å². The lowest BCUT2D eigenvalue weighted by atomic mass is 9.97. The van der Waals surface area contributed by atoms with E-state index in [1.807, 2.05) is 20.8 Å². The van der Waals surface area contributed by atoms with Gasteiger partial charge in [0.2, 0.25) is 11.8 Å². The Labute approximate surface area is 123 Å². The Balaban J connectivity index is 2.02. The first kappa shape index (κ1) is 14.3. The molecule has 1 N–H and O–H groups in total. The molecule has 0 radical (unpaired) electrons. The van der Waals surface area contributed by atoms with Crippen LogP contribution in [0.2, 0.25) is 0 Å². The monoisotopic (exact) mass is 346 g/mol. The molecular formula is C11H15BrN4O2S. The predicted octanol–water partition coefficient (Wildman–Crippen LogP) is 3.21. The molecule has 19 heavy (non-hydrogen) atoms. The lowest BCUT2D eigenvalue weighted by Gasteiger charge is -2.10. The van der Waals surface area contributed by atoms with E-state index in [1.54, 1.807) is 7.11 Å². The fourth-order valence-corrected chi connectivity index (χ4v) is 2.67. The van der Waals surface area contributed by atoms with Crippen molar-refractivity contribution >= 4 is 33.5 Å². The second-order valence-electron chi connectivity index (χ2n) is 4.94. The fraction of sp³-hybridized carbons (Fsp3) is 0.545. The van der Waals surface area contributed by atoms with E-state index in [0.717, 1.165) is 9.35 Å². The van der Waals surface area contributed by atoms with Crippen molar-refractivity contribution in [3.8, 4) is 5.88 Å². The van der Waals surface area contributed by atoms with Gasteiger partial charge in [0, 0.05) is 5.41 Å². The van der Waals surface area contributed by atoms with E-state index in [0.29, 0.717) is 24.3 Å². The number of nitrogens with zero attached hydrogens (tertiary/aromatic N) is 3. The molecule has 0 fully saturated rings. The van der Waals surface area contributed by atoms with Gasteiger partial charge >= 0.3 is 6.01 Å². The molecular weight excluding hydrogens is 332 g/mol. The molecule has 104 valence electrons. The fourth-order valence-electron chi connectivity index (χ4n) is 1.29. The second kappa shape index (κ2) is 5.46. The maximum Gasteiger partial charge on any atom is 0.315 e. The van der Waals surface area contributed by atoms with E-state index < -0.39 is 0 Å². The van der Waals surface area contributed by atoms with Crippen molar-refractivity contribution in [3.05, 3.63) is 15.2 Å². The largest absolute Gasteiger partial charge is 0.480 e. The Morgan fingerprint density at radius 2 is 2.11 bits per heavy atom. The average Bonchev–Trinajstić information content (AvgIpc) is 2.93. The van der Waals surface area contributed by atoms with Gasteiger partial charge in [0.05, 0.1) is 23.0 Å². The molecule has 2 aromatic rings. The van der Waals surface area contributed by atoms with Crippen molar-refractivity contribution in [3.63, 3.8) is 0 Å². The van der Waals surface area contributed by atoms with Crippen LogP contribution in [0.4, 0.5) is 6.01 Å². The number of hydrogen-bond donors (Lipinski definition) is 1. The van der Waals surface area contributed by atoms with Crippen LogP contribution < -0.4 is 10.1 Å². The molecule has 8 heteroatoms. The summed E-state index contributed by atoms with van der Waals surface area (Å²) >= 11 is 4.80. The number of aromatic nitrogens is 3. The van der Waals surface area contributed by atoms with Gasteiger partial charge < -0.3 is 14.5 Å². The maximum absolute atomic E-state index is 5.55. The summed E-state index contributed by atoms with van der Waals surface area (Å²) in [6.07, 6.45) is 0. The van der Waals surface area contributed by atoms with Gasteiger partial charge in [-0.3, -0.25) is 0 Å². The summed E-state index contributed by atoms with van der Waals surface area (Å²) in [6, 6.07) is 0.407. The highest BCUT2D eigenvalue weighted by atomic mass is 79.9. The topological polar surface area (TPSA) is 73.1 Å². The average molecular weight is 347 g/mol. The summed E-state index contributed by atoms with van der Waals surface area (Å²) in [5.41, 5.74) is -0.152. The van der Waals surface area contributed by atoms with E-state index in [9.17, 15) is 0 Å². The number of rotatable bonds is 4. The zero-order valence-electron chi connectivity index (χ0n) is 11.2. The Bertz CT molecular complexity index is 561. The minimum absolute atomic E-state index is 0.152. The van der Waals surface area contributed by atoms with Crippen LogP contribution in [0.25, 0.3) is 0 Å². The van der Waals surface area contributed by atoms with Crippen LogP contribution in [-0.4, -0.2) is 21.7 Å². The van der Waals surface area contributed by atoms with Gasteiger partial charge in [-0.25, -0.2) is 0 Å². The summed E-state index contributed by atoms with van der Waals surface area (Å²) in [7, 11) is 1.59. The van der Waals surface area contributed by atoms with Gasteiger partial charge in [-0.1, -0.05) is 25.9 Å². The van der Waals surface area contributed by atoms with Gasteiger partial charge in [0.25, 0.3) is 0 Å². The second-order valence-corrected chi connectivity index (χ2v) is 6.60. The molecule has 0 unspecified atom stereocenters. The zero-order chi connectivity index (χ0) is 14.0. The number of halogens is 1. The highest BCUT2D eigenvalue weighted by Gasteiger charge is 2.21. The van der Waals surface area contributed by atoms with Gasteiger partial charge in [-0.2, -0.15) is 4.37 Å². The number of nitrogens with one attached hydrogen (secondary N) is 1. The highest BCUT2D eigenvalue weighted by molar-refractivity contribution is 9.10. The summed E-state index contributed by atoms with van der Waals surface area (Å²) in [4.78, 5) is 1.01. The van der Waals surface area contributed by atoms with Crippen LogP contribution in [0.1, 0.15) is 31.5 Å². The van der Waals surface area contributed by atoms with Crippen LogP contribution in [0.5, 0.6) is 5.88 Å². The molecule has 0 aromatic carbocycles. The Morgan fingerprint density at radius 1 is 1.37 bits per heavy atom. The van der Waals surface area contributed by atoms with Gasteiger partial charge in [0.1, 0.15) is 0 Å². The Kier molecular flexibility index (Phi) is 4.10. The molecule has 2 heterocycles. The van der Waals surface area contributed by atoms with E-state index >= 15 is 0 Å². The van der Waals surface area contributed by atoms with Crippen LogP contribution in [0.3, 0.4) is 0 Å². The van der Waals surface area contributed by atoms with Crippen molar-refractivity contribution in [2.75, 3.05) is 12.4 Å². The third-order valence-corrected chi connectivity index (χ3v) is 4.24. The normalized spacial score (nSPS) is 11.6. The van der Waals surface area contributed by atoms with Crippen LogP contribution in [0.15, 0.2) is 8.89 Å². The Morgan fingerprint density at radius 3 is 2.63 bits per heavy atom. The molecule has 0 amide bonds. The summed E-state index contributed by atoms with van der Waals surface area (Å²) < 4.78 is 15.7. The molecule has 0 aliphatic heterocycles. The van der Waals surface area contributed by atoms with Gasteiger partial charge in [-0.05, 0) is 27.5 Å². The molecule has 6 nitrogen and oxygen atoms in total. The van der Waals surface area contributed by atoms with Crippen molar-refractivity contribution in [1.82, 2.24) is 14.6 Å². The number of ether oxygens (including phenoxy) is 1. The number of methoxy groups -OCH3 is 1. The summed E-state index contributed by atoms with van der Waals surface area (Å²) in [5.74, 6) is 1.19. The zero-order valence-corrected chi connectivity index (χ0v) is 13.6.